The zero-order valence-corrected chi connectivity index (χ0v) is 14.2. The van der Waals surface area contributed by atoms with Gasteiger partial charge in [0.05, 0.1) is 12.6 Å². The summed E-state index contributed by atoms with van der Waals surface area (Å²) in [6.45, 7) is 1.52. The molecule has 0 aromatic heterocycles. The second-order valence-corrected chi connectivity index (χ2v) is 6.33. The van der Waals surface area contributed by atoms with Crippen molar-refractivity contribution in [1.29, 1.82) is 0 Å². The number of hydrogen-bond acceptors (Lipinski definition) is 3. The van der Waals surface area contributed by atoms with E-state index in [9.17, 15) is 14.7 Å². The highest BCUT2D eigenvalue weighted by atomic mass is 16.3. The van der Waals surface area contributed by atoms with Crippen LogP contribution in [0.25, 0.3) is 0 Å². The van der Waals surface area contributed by atoms with Crippen LogP contribution in [0.4, 0.5) is 5.69 Å². The van der Waals surface area contributed by atoms with Gasteiger partial charge in [-0.1, -0.05) is 24.3 Å². The van der Waals surface area contributed by atoms with Crippen molar-refractivity contribution < 1.29 is 14.7 Å². The Balaban J connectivity index is 1.58. The van der Waals surface area contributed by atoms with Gasteiger partial charge in [0.15, 0.2) is 0 Å². The molecule has 2 aromatic carbocycles. The van der Waals surface area contributed by atoms with Gasteiger partial charge in [0.1, 0.15) is 0 Å². The second kappa shape index (κ2) is 7.49. The van der Waals surface area contributed by atoms with Crippen LogP contribution < -0.4 is 10.6 Å². The molecular weight excluding hydrogens is 316 g/mol. The number of rotatable bonds is 5. The monoisotopic (exact) mass is 338 g/mol. The van der Waals surface area contributed by atoms with Gasteiger partial charge >= 0.3 is 0 Å². The number of anilines is 1. The minimum atomic E-state index is -0.683. The summed E-state index contributed by atoms with van der Waals surface area (Å²) in [7, 11) is 0. The van der Waals surface area contributed by atoms with E-state index < -0.39 is 6.10 Å². The van der Waals surface area contributed by atoms with Crippen LogP contribution in [0, 0.1) is 0 Å². The number of hydrogen-bond donors (Lipinski definition) is 3. The first-order valence-electron chi connectivity index (χ1n) is 8.51. The van der Waals surface area contributed by atoms with Gasteiger partial charge in [-0.15, -0.1) is 0 Å². The zero-order chi connectivity index (χ0) is 17.8. The van der Waals surface area contributed by atoms with Crippen LogP contribution >= 0.6 is 0 Å². The molecule has 2 amide bonds. The number of para-hydroxylation sites is 1. The molecule has 0 saturated carbocycles. The molecular formula is C20H22N2O3. The molecule has 0 spiro atoms. The molecule has 0 bridgehead atoms. The third-order valence-corrected chi connectivity index (χ3v) is 4.46. The minimum absolute atomic E-state index is 0.121. The van der Waals surface area contributed by atoms with Crippen molar-refractivity contribution in [2.75, 3.05) is 11.9 Å². The van der Waals surface area contributed by atoms with Crippen LogP contribution in [0.3, 0.4) is 0 Å². The van der Waals surface area contributed by atoms with Gasteiger partial charge in [0.25, 0.3) is 5.91 Å². The Labute approximate surface area is 147 Å². The van der Waals surface area contributed by atoms with Gasteiger partial charge in [0, 0.05) is 16.8 Å². The molecule has 0 saturated heterocycles. The summed E-state index contributed by atoms with van der Waals surface area (Å²) in [5.41, 5.74) is 4.31. The SMILES string of the molecule is CC(O)c1ccccc1NC(=O)CNC(=O)c1ccc2c(c1)CCC2. The topological polar surface area (TPSA) is 78.4 Å². The van der Waals surface area contributed by atoms with Gasteiger partial charge in [0.2, 0.25) is 5.91 Å². The zero-order valence-electron chi connectivity index (χ0n) is 14.2. The first-order chi connectivity index (χ1) is 12.0. The summed E-state index contributed by atoms with van der Waals surface area (Å²) < 4.78 is 0. The molecule has 3 N–H and O–H groups in total. The lowest BCUT2D eigenvalue weighted by Gasteiger charge is -2.13. The summed E-state index contributed by atoms with van der Waals surface area (Å²) in [6, 6.07) is 12.8. The van der Waals surface area contributed by atoms with Crippen molar-refractivity contribution in [3.8, 4) is 0 Å². The highest BCUT2D eigenvalue weighted by molar-refractivity contribution is 5.99. The molecule has 5 heteroatoms. The summed E-state index contributed by atoms with van der Waals surface area (Å²) >= 11 is 0. The number of carbonyl (C=O) groups is 2. The van der Waals surface area contributed by atoms with E-state index in [1.54, 1.807) is 37.3 Å². The van der Waals surface area contributed by atoms with Crippen molar-refractivity contribution in [2.24, 2.45) is 0 Å². The van der Waals surface area contributed by atoms with E-state index >= 15 is 0 Å². The summed E-state index contributed by atoms with van der Waals surface area (Å²) in [5, 5.41) is 15.1. The lowest BCUT2D eigenvalue weighted by molar-refractivity contribution is -0.115. The first-order valence-corrected chi connectivity index (χ1v) is 8.51. The van der Waals surface area contributed by atoms with Gasteiger partial charge in [-0.05, 0) is 55.5 Å². The maximum atomic E-state index is 12.2. The third kappa shape index (κ3) is 4.06. The lowest BCUT2D eigenvalue weighted by atomic mass is 10.1. The van der Waals surface area contributed by atoms with Gasteiger partial charge in [-0.2, -0.15) is 0 Å². The van der Waals surface area contributed by atoms with Crippen LogP contribution in [0.5, 0.6) is 0 Å². The fourth-order valence-electron chi connectivity index (χ4n) is 3.15. The average molecular weight is 338 g/mol. The summed E-state index contributed by atoms with van der Waals surface area (Å²) in [5.74, 6) is -0.587. The molecule has 2 aromatic rings. The maximum Gasteiger partial charge on any atom is 0.251 e. The van der Waals surface area contributed by atoms with Crippen LogP contribution in [0.2, 0.25) is 0 Å². The third-order valence-electron chi connectivity index (χ3n) is 4.46. The van der Waals surface area contributed by atoms with Crippen LogP contribution in [0.15, 0.2) is 42.5 Å². The smallest absolute Gasteiger partial charge is 0.251 e. The Bertz CT molecular complexity index is 799. The number of nitrogens with one attached hydrogen (secondary N) is 2. The number of carbonyl (C=O) groups excluding carboxylic acids is 2. The highest BCUT2D eigenvalue weighted by Crippen LogP contribution is 2.23. The molecule has 0 fully saturated rings. The van der Waals surface area contributed by atoms with Gasteiger partial charge in [-0.3, -0.25) is 9.59 Å². The molecule has 1 unspecified atom stereocenters. The molecule has 1 aliphatic rings. The van der Waals surface area contributed by atoms with E-state index in [4.69, 9.17) is 0 Å². The fourth-order valence-corrected chi connectivity index (χ4v) is 3.15. The molecule has 1 aliphatic carbocycles. The fraction of sp³-hybridized carbons (Fsp3) is 0.300. The van der Waals surface area contributed by atoms with E-state index in [0.29, 0.717) is 16.8 Å². The Kier molecular flexibility index (Phi) is 5.14. The lowest BCUT2D eigenvalue weighted by Crippen LogP contribution is -2.33. The van der Waals surface area contributed by atoms with Crippen LogP contribution in [0.1, 0.15) is 46.5 Å². The Morgan fingerprint density at radius 1 is 1.12 bits per heavy atom. The number of fused-ring (bicyclic) bond motifs is 1. The van der Waals surface area contributed by atoms with Crippen molar-refractivity contribution >= 4 is 17.5 Å². The molecule has 130 valence electrons. The Hall–Kier alpha value is -2.66. The summed E-state index contributed by atoms with van der Waals surface area (Å²) in [4.78, 5) is 24.3. The van der Waals surface area contributed by atoms with Crippen molar-refractivity contribution in [2.45, 2.75) is 32.3 Å². The number of benzene rings is 2. The normalized spacial score (nSPS) is 13.8. The van der Waals surface area contributed by atoms with Crippen molar-refractivity contribution in [1.82, 2.24) is 5.32 Å². The molecule has 0 radical (unpaired) electrons. The van der Waals surface area contributed by atoms with Crippen LogP contribution in [-0.2, 0) is 17.6 Å². The molecule has 1 atom stereocenters. The number of aryl methyl sites for hydroxylation is 2. The molecule has 3 rings (SSSR count). The average Bonchev–Trinajstić information content (AvgIpc) is 3.07. The minimum Gasteiger partial charge on any atom is -0.389 e. The molecule has 5 nitrogen and oxygen atoms in total. The molecule has 25 heavy (non-hydrogen) atoms. The van der Waals surface area contributed by atoms with E-state index in [1.807, 2.05) is 12.1 Å². The largest absolute Gasteiger partial charge is 0.389 e. The standard InChI is InChI=1S/C20H22N2O3/c1-13(23)17-7-2-3-8-18(17)22-19(24)12-21-20(25)16-10-9-14-5-4-6-15(14)11-16/h2-3,7-11,13,23H,4-6,12H2,1H3,(H,21,25)(H,22,24). The second-order valence-electron chi connectivity index (χ2n) is 6.33. The highest BCUT2D eigenvalue weighted by Gasteiger charge is 2.15. The van der Waals surface area contributed by atoms with Gasteiger partial charge in [-0.25, -0.2) is 0 Å². The van der Waals surface area contributed by atoms with Gasteiger partial charge < -0.3 is 15.7 Å². The molecule has 0 heterocycles. The molecule has 0 aliphatic heterocycles. The van der Waals surface area contributed by atoms with E-state index in [-0.39, 0.29) is 18.4 Å². The van der Waals surface area contributed by atoms with Crippen molar-refractivity contribution in [3.05, 3.63) is 64.7 Å². The Morgan fingerprint density at radius 3 is 2.68 bits per heavy atom. The van der Waals surface area contributed by atoms with E-state index in [1.165, 1.54) is 11.1 Å². The van der Waals surface area contributed by atoms with Crippen LogP contribution in [-0.4, -0.2) is 23.5 Å². The first kappa shape index (κ1) is 17.2. The maximum absolute atomic E-state index is 12.2. The predicted molar refractivity (Wildman–Crippen MR) is 96.5 cm³/mol. The van der Waals surface area contributed by atoms with E-state index in [0.717, 1.165) is 19.3 Å². The summed E-state index contributed by atoms with van der Waals surface area (Å²) in [6.07, 6.45) is 2.53. The quantitative estimate of drug-likeness (QED) is 0.784. The Morgan fingerprint density at radius 2 is 1.88 bits per heavy atom. The number of aliphatic hydroxyl groups excluding tert-OH is 1. The van der Waals surface area contributed by atoms with Crippen molar-refractivity contribution in [3.63, 3.8) is 0 Å². The number of amides is 2. The predicted octanol–water partition coefficient (Wildman–Crippen LogP) is 2.60. The van der Waals surface area contributed by atoms with E-state index in [2.05, 4.69) is 10.6 Å². The number of aliphatic hydroxyl groups is 1.